The van der Waals surface area contributed by atoms with Crippen LogP contribution in [0.25, 0.3) is 10.9 Å². The van der Waals surface area contributed by atoms with Crippen LogP contribution in [0.2, 0.25) is 0 Å². The van der Waals surface area contributed by atoms with Gasteiger partial charge in [0.15, 0.2) is 12.5 Å². The molecule has 1 aromatic carbocycles. The number of hydrogen-bond donors (Lipinski definition) is 3. The lowest BCUT2D eigenvalue weighted by Gasteiger charge is -2.33. The SMILES string of the molecule is C=N/C(=C\C(=N/COc1cc(F)c2[nH]c(C)cc2c1)N1CCN(C)CC1)NC1=CC(C2CC2)NO1. The number of benzene rings is 1. The number of nitrogens with zero attached hydrogens (tertiary/aromatic N) is 4. The highest BCUT2D eigenvalue weighted by Gasteiger charge is 2.34. The number of piperazine rings is 1. The molecule has 0 spiro atoms. The number of halogens is 1. The summed E-state index contributed by atoms with van der Waals surface area (Å²) in [4.78, 5) is 21.9. The summed E-state index contributed by atoms with van der Waals surface area (Å²) in [6.45, 7) is 9.14. The minimum absolute atomic E-state index is 0.0431. The minimum Gasteiger partial charge on any atom is -0.471 e. The van der Waals surface area contributed by atoms with Gasteiger partial charge >= 0.3 is 0 Å². The fourth-order valence-corrected chi connectivity index (χ4v) is 4.33. The van der Waals surface area contributed by atoms with Crippen molar-refractivity contribution in [3.05, 3.63) is 53.6 Å². The molecule has 1 aliphatic carbocycles. The Morgan fingerprint density at radius 3 is 2.83 bits per heavy atom. The van der Waals surface area contributed by atoms with Gasteiger partial charge in [0.05, 0.1) is 11.6 Å². The molecular weight excluding hydrogens is 449 g/mol. The average Bonchev–Trinajstić information content (AvgIpc) is 3.46. The zero-order valence-electron chi connectivity index (χ0n) is 20.2. The quantitative estimate of drug-likeness (QED) is 0.397. The van der Waals surface area contributed by atoms with Crippen LogP contribution in [0.5, 0.6) is 5.75 Å². The van der Waals surface area contributed by atoms with Gasteiger partial charge in [0, 0.05) is 49.4 Å². The molecule has 3 heterocycles. The van der Waals surface area contributed by atoms with Gasteiger partial charge in [-0.15, -0.1) is 5.48 Å². The second kappa shape index (κ2) is 10.1. The standard InChI is InChI=1S/C25H32FN7O2/c1-16-10-18-11-19(12-20(26)25(18)29-16)34-15-28-23(33-8-6-32(3)7-9-33)14-22(27-2)30-24-13-21(31-35-24)17-4-5-17/h10-14,17,21,29-31H,2,4-9,15H2,1,3H3/b22-14+,28-23+. The van der Waals surface area contributed by atoms with E-state index in [0.717, 1.165) is 43.1 Å². The van der Waals surface area contributed by atoms with Crippen molar-refractivity contribution in [1.82, 2.24) is 25.6 Å². The number of amidine groups is 1. The van der Waals surface area contributed by atoms with Crippen molar-refractivity contribution in [2.45, 2.75) is 25.8 Å². The zero-order chi connectivity index (χ0) is 24.4. The zero-order valence-corrected chi connectivity index (χ0v) is 20.2. The van der Waals surface area contributed by atoms with Crippen LogP contribution in [0.4, 0.5) is 4.39 Å². The van der Waals surface area contributed by atoms with Crippen molar-refractivity contribution < 1.29 is 14.0 Å². The molecule has 2 fully saturated rings. The molecule has 2 aromatic rings. The Morgan fingerprint density at radius 1 is 1.29 bits per heavy atom. The van der Waals surface area contributed by atoms with Crippen LogP contribution in [0.15, 0.2) is 52.0 Å². The van der Waals surface area contributed by atoms with Crippen molar-refractivity contribution >= 4 is 23.5 Å². The number of aromatic amines is 1. The fraction of sp³-hybridized carbons (Fsp3) is 0.440. The summed E-state index contributed by atoms with van der Waals surface area (Å²) in [5, 5.41) is 3.96. The van der Waals surface area contributed by atoms with Crippen molar-refractivity contribution in [2.24, 2.45) is 15.9 Å². The lowest BCUT2D eigenvalue weighted by molar-refractivity contribution is 0.101. The van der Waals surface area contributed by atoms with E-state index < -0.39 is 0 Å². The van der Waals surface area contributed by atoms with Gasteiger partial charge < -0.3 is 29.7 Å². The van der Waals surface area contributed by atoms with Crippen LogP contribution in [-0.2, 0) is 4.84 Å². The van der Waals surface area contributed by atoms with Crippen LogP contribution in [0.1, 0.15) is 18.5 Å². The molecule has 5 rings (SSSR count). The number of rotatable bonds is 8. The molecule has 1 saturated heterocycles. The third-order valence-corrected chi connectivity index (χ3v) is 6.53. The molecule has 1 atom stereocenters. The molecule has 9 nitrogen and oxygen atoms in total. The summed E-state index contributed by atoms with van der Waals surface area (Å²) < 4.78 is 20.3. The first-order chi connectivity index (χ1) is 17.0. The molecule has 10 heteroatoms. The molecular formula is C25H32FN7O2. The highest BCUT2D eigenvalue weighted by Crippen LogP contribution is 2.35. The van der Waals surface area contributed by atoms with Gasteiger partial charge in [0.25, 0.3) is 0 Å². The van der Waals surface area contributed by atoms with Crippen molar-refractivity contribution in [3.63, 3.8) is 0 Å². The fourth-order valence-electron chi connectivity index (χ4n) is 4.33. The summed E-state index contributed by atoms with van der Waals surface area (Å²) in [7, 11) is 2.10. The number of H-pyrrole nitrogens is 1. The smallest absolute Gasteiger partial charge is 0.215 e. The Kier molecular flexibility index (Phi) is 6.74. The first-order valence-electron chi connectivity index (χ1n) is 12.0. The molecule has 1 saturated carbocycles. The average molecular weight is 482 g/mol. The van der Waals surface area contributed by atoms with E-state index >= 15 is 0 Å². The molecule has 0 amide bonds. The third kappa shape index (κ3) is 5.66. The van der Waals surface area contributed by atoms with Gasteiger partial charge in [-0.25, -0.2) is 14.4 Å². The number of aliphatic imine (C=N–C) groups is 2. The van der Waals surface area contributed by atoms with Gasteiger partial charge in [-0.2, -0.15) is 0 Å². The second-order valence-corrected chi connectivity index (χ2v) is 9.33. The number of likely N-dealkylation sites (N-methyl/N-ethyl adjacent to an activating group) is 1. The molecule has 3 N–H and O–H groups in total. The predicted molar refractivity (Wildman–Crippen MR) is 135 cm³/mol. The largest absolute Gasteiger partial charge is 0.471 e. The highest BCUT2D eigenvalue weighted by atomic mass is 19.1. The first kappa shape index (κ1) is 23.4. The monoisotopic (exact) mass is 481 g/mol. The van der Waals surface area contributed by atoms with E-state index in [2.05, 4.69) is 49.3 Å². The normalized spacial score (nSPS) is 21.7. The molecule has 1 unspecified atom stereocenters. The third-order valence-electron chi connectivity index (χ3n) is 6.53. The van der Waals surface area contributed by atoms with E-state index in [9.17, 15) is 4.39 Å². The van der Waals surface area contributed by atoms with Gasteiger partial charge in [0.1, 0.15) is 17.4 Å². The van der Waals surface area contributed by atoms with E-state index in [4.69, 9.17) is 9.57 Å². The maximum absolute atomic E-state index is 14.4. The van der Waals surface area contributed by atoms with Crippen LogP contribution >= 0.6 is 0 Å². The second-order valence-electron chi connectivity index (χ2n) is 9.33. The number of ether oxygens (including phenoxy) is 1. The maximum Gasteiger partial charge on any atom is 0.215 e. The Morgan fingerprint density at radius 2 is 2.09 bits per heavy atom. The number of hydrogen-bond acceptors (Lipinski definition) is 7. The van der Waals surface area contributed by atoms with E-state index in [1.165, 1.54) is 18.9 Å². The number of aromatic nitrogens is 1. The van der Waals surface area contributed by atoms with Gasteiger partial charge in [0.2, 0.25) is 5.88 Å². The predicted octanol–water partition coefficient (Wildman–Crippen LogP) is 2.88. The lowest BCUT2D eigenvalue weighted by atomic mass is 10.2. The van der Waals surface area contributed by atoms with Crippen LogP contribution in [0.3, 0.4) is 0 Å². The Labute approximate surface area is 204 Å². The molecule has 3 aliphatic rings. The number of aryl methyl sites for hydroxylation is 1. The van der Waals surface area contributed by atoms with Gasteiger partial charge in [-0.05, 0) is 57.7 Å². The minimum atomic E-state index is -0.348. The molecule has 35 heavy (non-hydrogen) atoms. The van der Waals surface area contributed by atoms with E-state index in [1.54, 1.807) is 0 Å². The number of hydroxylamine groups is 1. The number of fused-ring (bicyclic) bond motifs is 1. The maximum atomic E-state index is 14.4. The summed E-state index contributed by atoms with van der Waals surface area (Å²) in [5.74, 6) is 2.58. The molecule has 2 aliphatic heterocycles. The van der Waals surface area contributed by atoms with Crippen LogP contribution in [0, 0.1) is 18.7 Å². The Hall–Kier alpha value is -3.37. The Balaban J connectivity index is 1.32. The van der Waals surface area contributed by atoms with Crippen LogP contribution < -0.4 is 15.5 Å². The van der Waals surface area contributed by atoms with E-state index in [-0.39, 0.29) is 18.6 Å². The van der Waals surface area contributed by atoms with Crippen LogP contribution in [-0.4, -0.2) is 73.3 Å². The summed E-state index contributed by atoms with van der Waals surface area (Å²) >= 11 is 0. The van der Waals surface area contributed by atoms with Gasteiger partial charge in [-0.1, -0.05) is 0 Å². The summed E-state index contributed by atoms with van der Waals surface area (Å²) in [6.07, 6.45) is 6.32. The molecule has 0 bridgehead atoms. The molecule has 0 radical (unpaired) electrons. The summed E-state index contributed by atoms with van der Waals surface area (Å²) in [6, 6.07) is 5.31. The van der Waals surface area contributed by atoms with E-state index in [0.29, 0.717) is 28.9 Å². The van der Waals surface area contributed by atoms with Crippen molar-refractivity contribution in [2.75, 3.05) is 40.0 Å². The van der Waals surface area contributed by atoms with Crippen molar-refractivity contribution in [1.29, 1.82) is 0 Å². The topological polar surface area (TPSA) is 89.5 Å². The molecule has 186 valence electrons. The lowest BCUT2D eigenvalue weighted by Crippen LogP contribution is -2.47. The van der Waals surface area contributed by atoms with Gasteiger partial charge in [-0.3, -0.25) is 0 Å². The molecule has 1 aromatic heterocycles. The van der Waals surface area contributed by atoms with E-state index in [1.807, 2.05) is 31.2 Å². The number of nitrogens with one attached hydrogen (secondary N) is 3. The highest BCUT2D eigenvalue weighted by molar-refractivity contribution is 5.93. The Bertz CT molecular complexity index is 1180. The summed E-state index contributed by atoms with van der Waals surface area (Å²) in [5.41, 5.74) is 4.42. The first-order valence-corrected chi connectivity index (χ1v) is 12.0. The van der Waals surface area contributed by atoms with Crippen molar-refractivity contribution in [3.8, 4) is 5.75 Å².